The Labute approximate surface area is 290 Å². The van der Waals surface area contributed by atoms with Crippen LogP contribution in [0, 0.1) is 0 Å². The number of unbranched alkanes of at least 4 members (excludes halogenated alkanes) is 12. The van der Waals surface area contributed by atoms with Crippen molar-refractivity contribution in [1.82, 2.24) is 0 Å². The molecule has 0 aromatic heterocycles. The standard InChI is InChI=1S/C43H72O4/c1-3-5-7-9-11-13-15-17-19-21-22-23-24-26-28-30-32-34-36-38-43(45)47-42(40-44)41-46-39-37-35-33-31-29-27-25-20-18-16-14-12-10-8-6-4-2/h5-8,11-14,17-20,22-23,42,44H,3-4,9-10,15-16,21,24-41H2,1-2H3/b7-5-,8-6-,13-11-,14-12-,19-17-,20-18-,23-22-. The van der Waals surface area contributed by atoms with Crippen LogP contribution in [0.15, 0.2) is 85.1 Å². The van der Waals surface area contributed by atoms with Crippen LogP contribution < -0.4 is 0 Å². The van der Waals surface area contributed by atoms with Gasteiger partial charge in [-0.25, -0.2) is 0 Å². The van der Waals surface area contributed by atoms with E-state index < -0.39 is 6.10 Å². The number of rotatable bonds is 34. The lowest BCUT2D eigenvalue weighted by Crippen LogP contribution is -2.27. The van der Waals surface area contributed by atoms with Gasteiger partial charge in [0.25, 0.3) is 0 Å². The zero-order valence-corrected chi connectivity index (χ0v) is 30.5. The lowest BCUT2D eigenvalue weighted by Gasteiger charge is -2.15. The molecule has 0 saturated carbocycles. The predicted octanol–water partition coefficient (Wildman–Crippen LogP) is 12.4. The van der Waals surface area contributed by atoms with Crippen molar-refractivity contribution in [3.05, 3.63) is 85.1 Å². The number of allylic oxidation sites excluding steroid dienone is 14. The first-order chi connectivity index (χ1) is 23.2. The molecule has 1 N–H and O–H groups in total. The molecule has 0 heterocycles. The van der Waals surface area contributed by atoms with Crippen LogP contribution in [-0.4, -0.2) is 37.0 Å². The number of carbonyl (C=O) groups excluding carboxylic acids is 1. The van der Waals surface area contributed by atoms with E-state index in [4.69, 9.17) is 9.47 Å². The lowest BCUT2D eigenvalue weighted by molar-refractivity contribution is -0.154. The molecular weight excluding hydrogens is 580 g/mol. The zero-order chi connectivity index (χ0) is 34.1. The Morgan fingerprint density at radius 1 is 0.511 bits per heavy atom. The van der Waals surface area contributed by atoms with Crippen LogP contribution >= 0.6 is 0 Å². The zero-order valence-electron chi connectivity index (χ0n) is 30.5. The summed E-state index contributed by atoms with van der Waals surface area (Å²) in [6.45, 7) is 5.06. The molecule has 0 aromatic rings. The average molecular weight is 653 g/mol. The van der Waals surface area contributed by atoms with Gasteiger partial charge in [-0.3, -0.25) is 4.79 Å². The quantitative estimate of drug-likeness (QED) is 0.0427. The molecule has 0 aliphatic carbocycles. The molecule has 4 heteroatoms. The fourth-order valence-electron chi connectivity index (χ4n) is 4.92. The molecule has 4 nitrogen and oxygen atoms in total. The Morgan fingerprint density at radius 2 is 0.894 bits per heavy atom. The van der Waals surface area contributed by atoms with Crippen molar-refractivity contribution in [3.8, 4) is 0 Å². The minimum atomic E-state index is -0.553. The van der Waals surface area contributed by atoms with Crippen molar-refractivity contribution in [2.45, 2.75) is 161 Å². The van der Waals surface area contributed by atoms with Crippen molar-refractivity contribution in [1.29, 1.82) is 0 Å². The van der Waals surface area contributed by atoms with Gasteiger partial charge in [0.1, 0.15) is 6.10 Å². The summed E-state index contributed by atoms with van der Waals surface area (Å²) in [7, 11) is 0. The fraction of sp³-hybridized carbons (Fsp3) is 0.651. The highest BCUT2D eigenvalue weighted by Gasteiger charge is 2.13. The molecular formula is C43H72O4. The first kappa shape index (κ1) is 44.6. The monoisotopic (exact) mass is 653 g/mol. The summed E-state index contributed by atoms with van der Waals surface area (Å²) in [4.78, 5) is 12.2. The van der Waals surface area contributed by atoms with E-state index in [0.29, 0.717) is 13.0 Å². The van der Waals surface area contributed by atoms with Gasteiger partial charge in [-0.15, -0.1) is 0 Å². The van der Waals surface area contributed by atoms with Crippen molar-refractivity contribution in [2.24, 2.45) is 0 Å². The van der Waals surface area contributed by atoms with E-state index in [1.54, 1.807) is 0 Å². The van der Waals surface area contributed by atoms with Gasteiger partial charge in [0.15, 0.2) is 0 Å². The first-order valence-corrected chi connectivity index (χ1v) is 19.2. The third kappa shape index (κ3) is 37.9. The third-order valence-electron chi connectivity index (χ3n) is 7.72. The van der Waals surface area contributed by atoms with Gasteiger partial charge in [-0.1, -0.05) is 150 Å². The summed E-state index contributed by atoms with van der Waals surface area (Å²) >= 11 is 0. The van der Waals surface area contributed by atoms with Crippen LogP contribution in [0.1, 0.15) is 155 Å². The molecule has 0 aromatic carbocycles. The second-order valence-corrected chi connectivity index (χ2v) is 12.2. The number of hydrogen-bond acceptors (Lipinski definition) is 4. The maximum atomic E-state index is 12.2. The summed E-state index contributed by atoms with van der Waals surface area (Å²) in [6, 6.07) is 0. The molecule has 0 fully saturated rings. The van der Waals surface area contributed by atoms with Crippen LogP contribution in [-0.2, 0) is 14.3 Å². The molecule has 0 bridgehead atoms. The summed E-state index contributed by atoms with van der Waals surface area (Å²) in [6.07, 6.45) is 54.8. The highest BCUT2D eigenvalue weighted by molar-refractivity contribution is 5.69. The number of aliphatic hydroxyl groups excluding tert-OH is 1. The Hall–Kier alpha value is -2.43. The first-order valence-electron chi connectivity index (χ1n) is 19.2. The van der Waals surface area contributed by atoms with Gasteiger partial charge in [0, 0.05) is 13.0 Å². The van der Waals surface area contributed by atoms with E-state index in [2.05, 4.69) is 98.9 Å². The Balaban J connectivity index is 3.54. The summed E-state index contributed by atoms with van der Waals surface area (Å²) in [5, 5.41) is 9.57. The number of esters is 1. The van der Waals surface area contributed by atoms with Gasteiger partial charge in [-0.2, -0.15) is 0 Å². The molecule has 0 saturated heterocycles. The van der Waals surface area contributed by atoms with Gasteiger partial charge in [-0.05, 0) is 83.5 Å². The summed E-state index contributed by atoms with van der Waals surface area (Å²) < 4.78 is 11.1. The Morgan fingerprint density at radius 3 is 1.34 bits per heavy atom. The maximum absolute atomic E-state index is 12.2. The van der Waals surface area contributed by atoms with E-state index in [-0.39, 0.29) is 19.2 Å². The van der Waals surface area contributed by atoms with Gasteiger partial charge < -0.3 is 14.6 Å². The third-order valence-corrected chi connectivity index (χ3v) is 7.72. The van der Waals surface area contributed by atoms with Gasteiger partial charge in [0.05, 0.1) is 13.2 Å². The molecule has 0 amide bonds. The highest BCUT2D eigenvalue weighted by Crippen LogP contribution is 2.11. The largest absolute Gasteiger partial charge is 0.457 e. The van der Waals surface area contributed by atoms with Crippen molar-refractivity contribution in [3.63, 3.8) is 0 Å². The Kier molecular flexibility index (Phi) is 37.7. The normalized spacial score (nSPS) is 13.3. The maximum Gasteiger partial charge on any atom is 0.306 e. The number of hydrogen-bond donors (Lipinski definition) is 1. The second-order valence-electron chi connectivity index (χ2n) is 12.2. The van der Waals surface area contributed by atoms with Crippen LogP contribution in [0.4, 0.5) is 0 Å². The van der Waals surface area contributed by atoms with E-state index in [1.165, 1.54) is 51.4 Å². The molecule has 268 valence electrons. The number of aliphatic hydroxyl groups is 1. The highest BCUT2D eigenvalue weighted by atomic mass is 16.6. The van der Waals surface area contributed by atoms with Crippen molar-refractivity contribution >= 4 is 5.97 Å². The SMILES string of the molecule is CC/C=C\C/C=C\C/C=C\C/C=C\CCCCCCCCC(=O)OC(CO)COCCCCCCCC/C=C\C/C=C\C/C=C\CC. The van der Waals surface area contributed by atoms with E-state index in [0.717, 1.165) is 83.5 Å². The Bertz CT molecular complexity index is 861. The molecule has 47 heavy (non-hydrogen) atoms. The van der Waals surface area contributed by atoms with E-state index in [9.17, 15) is 9.90 Å². The van der Waals surface area contributed by atoms with Crippen LogP contribution in [0.2, 0.25) is 0 Å². The average Bonchev–Trinajstić information content (AvgIpc) is 3.08. The van der Waals surface area contributed by atoms with Crippen molar-refractivity contribution in [2.75, 3.05) is 19.8 Å². The fourth-order valence-corrected chi connectivity index (χ4v) is 4.92. The predicted molar refractivity (Wildman–Crippen MR) is 205 cm³/mol. The minimum absolute atomic E-state index is 0.188. The summed E-state index contributed by atoms with van der Waals surface area (Å²) in [5.74, 6) is -0.224. The second kappa shape index (κ2) is 39.7. The molecule has 0 aliphatic rings. The molecule has 0 radical (unpaired) electrons. The molecule has 0 spiro atoms. The molecule has 0 aliphatic heterocycles. The minimum Gasteiger partial charge on any atom is -0.457 e. The number of ether oxygens (including phenoxy) is 2. The lowest BCUT2D eigenvalue weighted by atomic mass is 10.1. The molecule has 1 unspecified atom stereocenters. The smallest absolute Gasteiger partial charge is 0.306 e. The van der Waals surface area contributed by atoms with Gasteiger partial charge >= 0.3 is 5.97 Å². The molecule has 1 atom stereocenters. The van der Waals surface area contributed by atoms with Crippen molar-refractivity contribution < 1.29 is 19.4 Å². The van der Waals surface area contributed by atoms with E-state index in [1.807, 2.05) is 0 Å². The summed E-state index contributed by atoms with van der Waals surface area (Å²) in [5.41, 5.74) is 0. The van der Waals surface area contributed by atoms with E-state index >= 15 is 0 Å². The van der Waals surface area contributed by atoms with Crippen LogP contribution in [0.5, 0.6) is 0 Å². The van der Waals surface area contributed by atoms with Crippen LogP contribution in [0.3, 0.4) is 0 Å². The molecule has 0 rings (SSSR count). The topological polar surface area (TPSA) is 55.8 Å². The van der Waals surface area contributed by atoms with Crippen LogP contribution in [0.25, 0.3) is 0 Å². The number of carbonyl (C=O) groups is 1. The van der Waals surface area contributed by atoms with Gasteiger partial charge in [0.2, 0.25) is 0 Å².